The summed E-state index contributed by atoms with van der Waals surface area (Å²) >= 11 is 0. The molecule has 1 aliphatic carbocycles. The van der Waals surface area contributed by atoms with Crippen LogP contribution in [0.4, 0.5) is 4.39 Å². The van der Waals surface area contributed by atoms with E-state index in [0.29, 0.717) is 37.8 Å². The normalized spacial score (nSPS) is 23.7. The number of amides is 1. The molecule has 0 aromatic heterocycles. The summed E-state index contributed by atoms with van der Waals surface area (Å²) in [5.74, 6) is -1.79. The van der Waals surface area contributed by atoms with Crippen molar-refractivity contribution in [2.24, 2.45) is 5.92 Å². The largest absolute Gasteiger partial charge is 0.481 e. The Labute approximate surface area is 135 Å². The predicted molar refractivity (Wildman–Crippen MR) is 83.5 cm³/mol. The van der Waals surface area contributed by atoms with Gasteiger partial charge >= 0.3 is 5.97 Å². The molecule has 1 amide bonds. The zero-order valence-corrected chi connectivity index (χ0v) is 13.1. The van der Waals surface area contributed by atoms with E-state index in [1.54, 1.807) is 23.1 Å². The van der Waals surface area contributed by atoms with Gasteiger partial charge in [0.05, 0.1) is 11.3 Å². The van der Waals surface area contributed by atoms with Crippen LogP contribution in [0.1, 0.15) is 44.1 Å². The molecule has 0 spiro atoms. The second-order valence-electron chi connectivity index (χ2n) is 6.70. The average molecular weight is 319 g/mol. The van der Waals surface area contributed by atoms with Gasteiger partial charge < -0.3 is 10.0 Å². The van der Waals surface area contributed by atoms with Crippen LogP contribution in [0, 0.1) is 11.7 Å². The van der Waals surface area contributed by atoms with E-state index < -0.39 is 17.3 Å². The Morgan fingerprint density at radius 3 is 2.52 bits per heavy atom. The summed E-state index contributed by atoms with van der Waals surface area (Å²) < 4.78 is 14.4. The molecule has 2 fully saturated rings. The van der Waals surface area contributed by atoms with Crippen LogP contribution in [0.3, 0.4) is 0 Å². The maximum atomic E-state index is 14.4. The minimum absolute atomic E-state index is 0.0916. The first-order chi connectivity index (χ1) is 11.0. The Morgan fingerprint density at radius 2 is 1.87 bits per heavy atom. The van der Waals surface area contributed by atoms with Crippen LogP contribution in [0.25, 0.3) is 0 Å². The number of hydrogen-bond acceptors (Lipinski definition) is 2. The van der Waals surface area contributed by atoms with Crippen LogP contribution < -0.4 is 0 Å². The van der Waals surface area contributed by atoms with E-state index in [9.17, 15) is 19.1 Å². The molecule has 4 nitrogen and oxygen atoms in total. The quantitative estimate of drug-likeness (QED) is 0.932. The zero-order valence-electron chi connectivity index (χ0n) is 13.1. The van der Waals surface area contributed by atoms with Crippen molar-refractivity contribution in [2.75, 3.05) is 13.1 Å². The molecule has 23 heavy (non-hydrogen) atoms. The Hall–Kier alpha value is -1.91. The molecule has 3 rings (SSSR count). The van der Waals surface area contributed by atoms with Gasteiger partial charge in [0, 0.05) is 18.7 Å². The van der Waals surface area contributed by atoms with Crippen LogP contribution >= 0.6 is 0 Å². The Morgan fingerprint density at radius 1 is 1.17 bits per heavy atom. The number of carboxylic acids is 1. The number of halogens is 1. The number of nitrogens with zero attached hydrogens (tertiary/aromatic N) is 1. The molecular weight excluding hydrogens is 297 g/mol. The fraction of sp³-hybridized carbons (Fsp3) is 0.556. The lowest BCUT2D eigenvalue weighted by molar-refractivity contribution is -0.147. The molecule has 2 aliphatic rings. The van der Waals surface area contributed by atoms with Crippen molar-refractivity contribution in [1.82, 2.24) is 4.90 Å². The third kappa shape index (κ3) is 2.84. The smallest absolute Gasteiger partial charge is 0.308 e. The highest BCUT2D eigenvalue weighted by molar-refractivity contribution is 5.89. The van der Waals surface area contributed by atoms with Gasteiger partial charge in [0.2, 0.25) is 5.91 Å². The number of likely N-dealkylation sites (tertiary alicyclic amines) is 1. The molecule has 0 bridgehead atoms. The number of aliphatic carboxylic acids is 1. The van der Waals surface area contributed by atoms with Gasteiger partial charge in [-0.1, -0.05) is 31.0 Å². The summed E-state index contributed by atoms with van der Waals surface area (Å²) in [6.07, 6.45) is 4.37. The van der Waals surface area contributed by atoms with Crippen molar-refractivity contribution in [3.8, 4) is 0 Å². The Bertz CT molecular complexity index is 610. The van der Waals surface area contributed by atoms with Gasteiger partial charge in [-0.25, -0.2) is 4.39 Å². The lowest BCUT2D eigenvalue weighted by Crippen LogP contribution is -2.50. The number of piperidine rings is 1. The first-order valence-electron chi connectivity index (χ1n) is 8.32. The minimum Gasteiger partial charge on any atom is -0.481 e. The highest BCUT2D eigenvalue weighted by Crippen LogP contribution is 2.44. The topological polar surface area (TPSA) is 57.6 Å². The van der Waals surface area contributed by atoms with Crippen LogP contribution in [0.15, 0.2) is 24.3 Å². The molecule has 5 heteroatoms. The van der Waals surface area contributed by atoms with Gasteiger partial charge in [-0.2, -0.15) is 0 Å². The SMILES string of the molecule is O=C(O)[C@H]1CCCN(C(=O)C2(c3ccccc3F)CCCC2)C1. The van der Waals surface area contributed by atoms with Crippen LogP contribution in [-0.2, 0) is 15.0 Å². The van der Waals surface area contributed by atoms with E-state index in [0.717, 1.165) is 12.8 Å². The van der Waals surface area contributed by atoms with E-state index in [2.05, 4.69) is 0 Å². The monoisotopic (exact) mass is 319 g/mol. The second kappa shape index (κ2) is 6.30. The summed E-state index contributed by atoms with van der Waals surface area (Å²) in [6.45, 7) is 0.809. The number of hydrogen-bond donors (Lipinski definition) is 1. The van der Waals surface area contributed by atoms with Crippen molar-refractivity contribution in [1.29, 1.82) is 0 Å². The molecular formula is C18H22FNO3. The van der Waals surface area contributed by atoms with Crippen molar-refractivity contribution in [3.05, 3.63) is 35.6 Å². The third-order valence-electron chi connectivity index (χ3n) is 5.31. The molecule has 1 aliphatic heterocycles. The highest BCUT2D eigenvalue weighted by atomic mass is 19.1. The summed E-state index contributed by atoms with van der Waals surface area (Å²) in [5.41, 5.74) is -0.342. The van der Waals surface area contributed by atoms with Gasteiger partial charge in [0.25, 0.3) is 0 Å². The molecule has 1 atom stereocenters. The second-order valence-corrected chi connectivity index (χ2v) is 6.70. The fourth-order valence-electron chi connectivity index (χ4n) is 4.09. The van der Waals surface area contributed by atoms with E-state index in [-0.39, 0.29) is 18.3 Å². The van der Waals surface area contributed by atoms with E-state index in [1.807, 2.05) is 0 Å². The first kappa shape index (κ1) is 16.0. The summed E-state index contributed by atoms with van der Waals surface area (Å²) in [7, 11) is 0. The summed E-state index contributed by atoms with van der Waals surface area (Å²) in [5, 5.41) is 9.23. The minimum atomic E-state index is -0.853. The van der Waals surface area contributed by atoms with E-state index >= 15 is 0 Å². The third-order valence-corrected chi connectivity index (χ3v) is 5.31. The van der Waals surface area contributed by atoms with Crippen LogP contribution in [0.2, 0.25) is 0 Å². The molecule has 1 N–H and O–H groups in total. The molecule has 124 valence electrons. The predicted octanol–water partition coefficient (Wildman–Crippen LogP) is 2.96. The number of benzene rings is 1. The van der Waals surface area contributed by atoms with Gasteiger partial charge in [-0.3, -0.25) is 9.59 Å². The lowest BCUT2D eigenvalue weighted by Gasteiger charge is -2.38. The molecule has 1 saturated carbocycles. The van der Waals surface area contributed by atoms with Gasteiger partial charge in [-0.15, -0.1) is 0 Å². The Kier molecular flexibility index (Phi) is 4.37. The highest BCUT2D eigenvalue weighted by Gasteiger charge is 2.47. The zero-order chi connectivity index (χ0) is 16.4. The maximum absolute atomic E-state index is 14.4. The van der Waals surface area contributed by atoms with Crippen molar-refractivity contribution < 1.29 is 19.1 Å². The van der Waals surface area contributed by atoms with Crippen LogP contribution in [-0.4, -0.2) is 35.0 Å². The van der Waals surface area contributed by atoms with Crippen LogP contribution in [0.5, 0.6) is 0 Å². The van der Waals surface area contributed by atoms with Gasteiger partial charge in [-0.05, 0) is 31.7 Å². The summed E-state index contributed by atoms with van der Waals surface area (Å²) in [4.78, 5) is 26.1. The van der Waals surface area contributed by atoms with E-state index in [1.165, 1.54) is 6.07 Å². The molecule has 1 heterocycles. The number of rotatable bonds is 3. The Balaban J connectivity index is 1.91. The maximum Gasteiger partial charge on any atom is 0.308 e. The molecule has 1 aromatic carbocycles. The summed E-state index contributed by atoms with van der Waals surface area (Å²) in [6, 6.07) is 6.51. The van der Waals surface area contributed by atoms with E-state index in [4.69, 9.17) is 0 Å². The number of carbonyl (C=O) groups is 2. The van der Waals surface area contributed by atoms with Crippen molar-refractivity contribution in [2.45, 2.75) is 43.9 Å². The molecule has 1 saturated heterocycles. The molecule has 0 unspecified atom stereocenters. The van der Waals surface area contributed by atoms with Gasteiger partial charge in [0.1, 0.15) is 5.82 Å². The average Bonchev–Trinajstić information content (AvgIpc) is 3.05. The number of carbonyl (C=O) groups excluding carboxylic acids is 1. The molecule has 1 aromatic rings. The fourth-order valence-corrected chi connectivity index (χ4v) is 4.09. The number of carboxylic acid groups (broad SMARTS) is 1. The molecule has 0 radical (unpaired) electrons. The van der Waals surface area contributed by atoms with Gasteiger partial charge in [0.15, 0.2) is 0 Å². The first-order valence-corrected chi connectivity index (χ1v) is 8.32. The van der Waals surface area contributed by atoms with Crippen molar-refractivity contribution >= 4 is 11.9 Å². The van der Waals surface area contributed by atoms with Crippen molar-refractivity contribution in [3.63, 3.8) is 0 Å². The standard InChI is InChI=1S/C18H22FNO3/c19-15-8-2-1-7-14(15)18(9-3-4-10-18)17(23)20-11-5-6-13(12-20)16(21)22/h1-2,7-8,13H,3-6,9-12H2,(H,21,22)/t13-/m0/s1. The lowest BCUT2D eigenvalue weighted by atomic mass is 9.76.